The third kappa shape index (κ3) is 11.4. The van der Waals surface area contributed by atoms with Crippen LogP contribution in [0.4, 0.5) is 0 Å². The van der Waals surface area contributed by atoms with Crippen molar-refractivity contribution in [3.63, 3.8) is 0 Å². The molecule has 2 aromatic rings. The van der Waals surface area contributed by atoms with Gasteiger partial charge in [0.2, 0.25) is 6.41 Å². The molecule has 4 N–H and O–H groups in total. The van der Waals surface area contributed by atoms with Crippen molar-refractivity contribution in [1.82, 2.24) is 0 Å². The Hall–Kier alpha value is -4.95. The Balaban J connectivity index is 0.000000446. The number of rotatable bonds is 8. The Labute approximate surface area is 262 Å². The van der Waals surface area contributed by atoms with Gasteiger partial charge in [0.05, 0.1) is 11.5 Å². The van der Waals surface area contributed by atoms with Gasteiger partial charge >= 0.3 is 5.97 Å². The maximum absolute atomic E-state index is 11.8. The van der Waals surface area contributed by atoms with E-state index in [9.17, 15) is 24.6 Å². The Morgan fingerprint density at radius 2 is 1.68 bits per heavy atom. The summed E-state index contributed by atoms with van der Waals surface area (Å²) in [6.45, 7) is 9.57. The fourth-order valence-corrected chi connectivity index (χ4v) is 4.11. The van der Waals surface area contributed by atoms with Crippen LogP contribution >= 0.6 is 11.6 Å². The second-order valence-corrected chi connectivity index (χ2v) is 9.41. The third-order valence-electron chi connectivity index (χ3n) is 5.72. The maximum atomic E-state index is 11.8. The quantitative estimate of drug-likeness (QED) is 0.0623. The van der Waals surface area contributed by atoms with Crippen molar-refractivity contribution in [2.24, 2.45) is 5.73 Å². The van der Waals surface area contributed by atoms with Gasteiger partial charge in [0, 0.05) is 35.1 Å². The number of alkyl halides is 1. The van der Waals surface area contributed by atoms with Crippen molar-refractivity contribution < 1.29 is 29.0 Å². The lowest BCUT2D eigenvalue weighted by atomic mass is 9.89. The number of aliphatic carboxylic acids is 1. The van der Waals surface area contributed by atoms with E-state index in [1.54, 1.807) is 25.1 Å². The van der Waals surface area contributed by atoms with Gasteiger partial charge in [-0.25, -0.2) is 4.79 Å². The Morgan fingerprint density at radius 3 is 2.23 bits per heavy atom. The van der Waals surface area contributed by atoms with Crippen LogP contribution in [-0.2, 0) is 20.8 Å². The second kappa shape index (κ2) is 20.0. The summed E-state index contributed by atoms with van der Waals surface area (Å²) >= 11 is 5.37. The average Bonchev–Trinajstić information content (AvgIpc) is 3.00. The van der Waals surface area contributed by atoms with Gasteiger partial charge in [-0.05, 0) is 54.8 Å². The number of amides is 1. The molecule has 0 radical (unpaired) electrons. The third-order valence-corrected chi connectivity index (χ3v) is 6.02. The number of nitrogens with two attached hydrogens (primary N) is 1. The summed E-state index contributed by atoms with van der Waals surface area (Å²) in [7, 11) is 0. The summed E-state index contributed by atoms with van der Waals surface area (Å²) in [5.41, 5.74) is 7.22. The molecule has 1 heterocycles. The van der Waals surface area contributed by atoms with Gasteiger partial charge in [0.1, 0.15) is 22.9 Å². The Morgan fingerprint density at radius 1 is 1.05 bits per heavy atom. The molecule has 44 heavy (non-hydrogen) atoms. The highest BCUT2D eigenvalue weighted by atomic mass is 35.5. The number of hydrogen-bond acceptors (Lipinski definition) is 6. The Bertz CT molecular complexity index is 1620. The highest BCUT2D eigenvalue weighted by molar-refractivity contribution is 6.27. The van der Waals surface area contributed by atoms with E-state index < -0.39 is 5.97 Å². The first kappa shape index (κ1) is 37.1. The van der Waals surface area contributed by atoms with Gasteiger partial charge < -0.3 is 20.4 Å². The molecule has 0 saturated heterocycles. The van der Waals surface area contributed by atoms with Gasteiger partial charge in [-0.2, -0.15) is 0 Å². The molecule has 8 nitrogen and oxygen atoms in total. The summed E-state index contributed by atoms with van der Waals surface area (Å²) in [6, 6.07) is 18.9. The highest BCUT2D eigenvalue weighted by Crippen LogP contribution is 2.40. The van der Waals surface area contributed by atoms with Crippen LogP contribution in [0, 0.1) is 0 Å². The molecule has 2 aliphatic rings. The number of benzene rings is 3. The zero-order valence-corrected chi connectivity index (χ0v) is 25.8. The van der Waals surface area contributed by atoms with Crippen molar-refractivity contribution in [3.05, 3.63) is 118 Å². The minimum absolute atomic E-state index is 0.00643. The van der Waals surface area contributed by atoms with Gasteiger partial charge in [0.15, 0.2) is 5.43 Å². The average molecular weight is 620 g/mol. The van der Waals surface area contributed by atoms with Gasteiger partial charge in [-0.1, -0.05) is 69.3 Å². The molecule has 0 unspecified atom stereocenters. The normalized spacial score (nSPS) is 10.7. The standard InChI is InChI=1S/C21H16O5.C10H11ClO.C3H8.CH3NO/c1-3-5-15(21(24)25)14(4-2)20-16-8-6-12(22)10-18(16)26-19-11-13(23)7-9-17(19)20;11-8-10(12)7-6-9-4-2-1-3-5-9;1-3-2;2-1-3/h3-11,22H,1H2,2H3,(H,24,25);1-5H,6-8H2;3H2,1-2H3;1H,(H2,2,3)/b14-4+,15-5+;;;. The molecule has 0 spiro atoms. The van der Waals surface area contributed by atoms with Crippen LogP contribution in [-0.4, -0.2) is 34.3 Å². The number of carbonyl (C=O) groups excluding carboxylic acids is 2. The summed E-state index contributed by atoms with van der Waals surface area (Å²) in [6.07, 6.45) is 7.36. The van der Waals surface area contributed by atoms with Crippen LogP contribution in [0.3, 0.4) is 0 Å². The van der Waals surface area contributed by atoms with Crippen LogP contribution in [0.1, 0.15) is 44.7 Å². The predicted octanol–water partition coefficient (Wildman–Crippen LogP) is 7.15. The minimum atomic E-state index is -1.10. The van der Waals surface area contributed by atoms with Crippen LogP contribution in [0.25, 0.3) is 27.9 Å². The number of Topliss-reactive ketones (excluding diaryl/α,β-unsaturated/α-hetero) is 1. The molecule has 1 amide bonds. The fraction of sp³-hybridized carbons (Fsp3) is 0.200. The zero-order chi connectivity index (χ0) is 33.1. The lowest BCUT2D eigenvalue weighted by molar-refractivity contribution is -0.132. The van der Waals surface area contributed by atoms with Crippen molar-refractivity contribution in [2.75, 3.05) is 5.88 Å². The Kier molecular flexibility index (Phi) is 16.9. The molecule has 4 rings (SSSR count). The fourth-order valence-electron chi connectivity index (χ4n) is 3.97. The highest BCUT2D eigenvalue weighted by Gasteiger charge is 2.23. The first-order valence-electron chi connectivity index (χ1n) is 13.8. The number of allylic oxidation sites excluding steroid dienone is 3. The number of ketones is 1. The summed E-state index contributed by atoms with van der Waals surface area (Å²) in [5, 5.41) is 20.0. The van der Waals surface area contributed by atoms with Crippen LogP contribution in [0.5, 0.6) is 5.75 Å². The molecule has 1 aliphatic heterocycles. The van der Waals surface area contributed by atoms with Crippen LogP contribution in [0.2, 0.25) is 0 Å². The van der Waals surface area contributed by atoms with Crippen molar-refractivity contribution >= 4 is 46.3 Å². The summed E-state index contributed by atoms with van der Waals surface area (Å²) in [5.74, 6) is -0.535. The molecule has 2 aromatic carbocycles. The lowest BCUT2D eigenvalue weighted by Crippen LogP contribution is -2.06. The zero-order valence-electron chi connectivity index (χ0n) is 25.1. The molecule has 0 atom stereocenters. The second-order valence-electron chi connectivity index (χ2n) is 9.14. The SMILES string of the molecule is C=C/C=C(C(=O)O)\C(=C/C)c1c2ccc(=O)cc-2oc2cc(O)ccc12.CCC.NC=O.O=C(CCl)CCc1ccccc1. The number of carbonyl (C=O) groups is 3. The topological polar surface area (TPSA) is 148 Å². The summed E-state index contributed by atoms with van der Waals surface area (Å²) in [4.78, 5) is 42.9. The number of hydrogen-bond donors (Lipinski definition) is 3. The molecule has 1 aliphatic carbocycles. The molecule has 0 aromatic heterocycles. The number of aromatic hydroxyl groups is 1. The molecule has 0 bridgehead atoms. The van der Waals surface area contributed by atoms with Gasteiger partial charge in [-0.3, -0.25) is 14.4 Å². The maximum Gasteiger partial charge on any atom is 0.336 e. The molecule has 232 valence electrons. The lowest BCUT2D eigenvalue weighted by Gasteiger charge is -2.17. The van der Waals surface area contributed by atoms with E-state index in [4.69, 9.17) is 20.8 Å². The monoisotopic (exact) mass is 619 g/mol. The molecular weight excluding hydrogens is 582 g/mol. The summed E-state index contributed by atoms with van der Waals surface area (Å²) < 4.78 is 5.77. The van der Waals surface area contributed by atoms with E-state index in [0.29, 0.717) is 39.9 Å². The number of carboxylic acid groups (broad SMARTS) is 1. The molecular formula is C35H38ClNO7. The van der Waals surface area contributed by atoms with E-state index in [-0.39, 0.29) is 34.8 Å². The van der Waals surface area contributed by atoms with E-state index in [1.165, 1.54) is 48.4 Å². The van der Waals surface area contributed by atoms with Crippen molar-refractivity contribution in [3.8, 4) is 17.1 Å². The van der Waals surface area contributed by atoms with E-state index in [0.717, 1.165) is 6.42 Å². The van der Waals surface area contributed by atoms with Gasteiger partial charge in [0.25, 0.3) is 0 Å². The largest absolute Gasteiger partial charge is 0.508 e. The number of fused-ring (bicyclic) bond motifs is 2. The first-order chi connectivity index (χ1) is 21.1. The molecule has 9 heteroatoms. The number of phenols is 1. The van der Waals surface area contributed by atoms with Crippen LogP contribution in [0.15, 0.2) is 106 Å². The van der Waals surface area contributed by atoms with Gasteiger partial charge in [-0.15, -0.1) is 11.6 Å². The van der Waals surface area contributed by atoms with E-state index >= 15 is 0 Å². The predicted molar refractivity (Wildman–Crippen MR) is 177 cm³/mol. The number of phenolic OH excluding ortho intramolecular Hbond substituents is 1. The molecule has 0 fully saturated rings. The number of primary amides is 1. The van der Waals surface area contributed by atoms with E-state index in [1.807, 2.05) is 30.3 Å². The minimum Gasteiger partial charge on any atom is -0.508 e. The first-order valence-corrected chi connectivity index (χ1v) is 14.3. The van der Waals surface area contributed by atoms with Crippen LogP contribution < -0.4 is 11.2 Å². The smallest absolute Gasteiger partial charge is 0.336 e. The number of halogens is 1. The number of aryl methyl sites for hydroxylation is 1. The van der Waals surface area contributed by atoms with E-state index in [2.05, 4.69) is 26.2 Å². The van der Waals surface area contributed by atoms with Crippen molar-refractivity contribution in [1.29, 1.82) is 0 Å². The number of carboxylic acids is 1. The molecule has 0 saturated carbocycles. The van der Waals surface area contributed by atoms with Crippen molar-refractivity contribution in [2.45, 2.75) is 40.0 Å².